The van der Waals surface area contributed by atoms with Gasteiger partial charge in [0.2, 0.25) is 17.7 Å². The summed E-state index contributed by atoms with van der Waals surface area (Å²) in [4.78, 5) is 43.5. The van der Waals surface area contributed by atoms with E-state index in [-0.39, 0.29) is 17.6 Å². The Morgan fingerprint density at radius 3 is 2.59 bits per heavy atom. The molecule has 2 aromatic rings. The van der Waals surface area contributed by atoms with Crippen LogP contribution >= 0.6 is 0 Å². The minimum Gasteiger partial charge on any atom is -0.324 e. The van der Waals surface area contributed by atoms with E-state index in [9.17, 15) is 18.8 Å². The molecule has 0 unspecified atom stereocenters. The number of hydrogen-bond acceptors (Lipinski definition) is 4. The average Bonchev–Trinajstić information content (AvgIpc) is 3.41. The highest BCUT2D eigenvalue weighted by atomic mass is 19.1. The maximum atomic E-state index is 14.5. The zero-order valence-corrected chi connectivity index (χ0v) is 15.5. The number of nitrogens with one attached hydrogen (secondary N) is 1. The molecule has 0 bridgehead atoms. The molecule has 1 N–H and O–H groups in total. The molecular weight excluding hydrogens is 373 g/mol. The fraction of sp³-hybridized carbons (Fsp3) is 0.318. The number of hydrogen-bond donors (Lipinski definition) is 1. The van der Waals surface area contributed by atoms with Crippen molar-refractivity contribution in [2.24, 2.45) is 11.8 Å². The smallest absolute Gasteiger partial charge is 0.250 e. The molecule has 29 heavy (non-hydrogen) atoms. The van der Waals surface area contributed by atoms with E-state index in [1.165, 1.54) is 18.2 Å². The number of carbonyl (C=O) groups is 3. The van der Waals surface area contributed by atoms with Crippen molar-refractivity contribution in [2.45, 2.75) is 24.4 Å². The zero-order chi connectivity index (χ0) is 19.9. The van der Waals surface area contributed by atoms with Crippen molar-refractivity contribution in [3.05, 3.63) is 59.9 Å². The van der Waals surface area contributed by atoms with Gasteiger partial charge in [-0.2, -0.15) is 0 Å². The number of amides is 3. The molecule has 0 saturated carbocycles. The van der Waals surface area contributed by atoms with Gasteiger partial charge in [-0.15, -0.1) is 0 Å². The molecule has 2 aromatic carbocycles. The van der Waals surface area contributed by atoms with Gasteiger partial charge in [0.05, 0.1) is 17.5 Å². The third kappa shape index (κ3) is 1.82. The number of para-hydroxylation sites is 2. The van der Waals surface area contributed by atoms with Gasteiger partial charge in [0.25, 0.3) is 0 Å². The fourth-order valence-corrected chi connectivity index (χ4v) is 6.03. The Bertz CT molecular complexity index is 1100. The van der Waals surface area contributed by atoms with Crippen molar-refractivity contribution in [3.8, 4) is 0 Å². The first-order valence-corrected chi connectivity index (χ1v) is 9.87. The van der Waals surface area contributed by atoms with Gasteiger partial charge in [-0.3, -0.25) is 19.3 Å². The fourth-order valence-electron chi connectivity index (χ4n) is 6.03. The minimum atomic E-state index is -1.21. The molecule has 6 rings (SSSR count). The van der Waals surface area contributed by atoms with Gasteiger partial charge in [0, 0.05) is 17.3 Å². The van der Waals surface area contributed by atoms with E-state index in [0.717, 1.165) is 23.3 Å². The monoisotopic (exact) mass is 391 g/mol. The second-order valence-corrected chi connectivity index (χ2v) is 8.14. The Balaban J connectivity index is 1.58. The summed E-state index contributed by atoms with van der Waals surface area (Å²) in [7, 11) is 0. The number of nitrogens with zero attached hydrogens (tertiary/aromatic N) is 2. The van der Waals surface area contributed by atoms with E-state index >= 15 is 0 Å². The van der Waals surface area contributed by atoms with Gasteiger partial charge < -0.3 is 5.32 Å². The molecule has 3 amide bonds. The quantitative estimate of drug-likeness (QED) is 0.757. The maximum Gasteiger partial charge on any atom is 0.250 e. The van der Waals surface area contributed by atoms with Crippen LogP contribution in [-0.2, 0) is 19.9 Å². The SMILES string of the molecule is O=C1[C@H]2[C@@H](C(=O)N1c1ccccc1F)[C@@]1(C(=O)Nc3ccccc31)N1CCC[C@@H]21. The lowest BCUT2D eigenvalue weighted by Crippen LogP contribution is -2.54. The van der Waals surface area contributed by atoms with Crippen LogP contribution in [0.4, 0.5) is 15.8 Å². The molecule has 3 saturated heterocycles. The van der Waals surface area contributed by atoms with E-state index in [4.69, 9.17) is 0 Å². The van der Waals surface area contributed by atoms with Crippen molar-refractivity contribution in [3.63, 3.8) is 0 Å². The Morgan fingerprint density at radius 2 is 1.76 bits per heavy atom. The standard InChI is InChI=1S/C22H18FN3O3/c23-13-7-2-4-9-15(13)26-19(27)17-16-10-5-11-25(16)22(18(17)20(26)28)12-6-1-3-8-14(12)24-21(22)29/h1-4,6-9,16-18H,5,10-11H2,(H,24,29)/t16-,17+,18-,22-/m0/s1. The molecule has 4 atom stereocenters. The second kappa shape index (κ2) is 5.51. The summed E-state index contributed by atoms with van der Waals surface area (Å²) in [6.07, 6.45) is 1.59. The van der Waals surface area contributed by atoms with Crippen LogP contribution in [0.25, 0.3) is 0 Å². The molecule has 0 aromatic heterocycles. The van der Waals surface area contributed by atoms with Gasteiger partial charge in [0.1, 0.15) is 11.4 Å². The van der Waals surface area contributed by atoms with E-state index in [0.29, 0.717) is 12.2 Å². The average molecular weight is 391 g/mol. The van der Waals surface area contributed by atoms with Gasteiger partial charge in [-0.1, -0.05) is 30.3 Å². The van der Waals surface area contributed by atoms with Crippen LogP contribution in [0.3, 0.4) is 0 Å². The summed E-state index contributed by atoms with van der Waals surface area (Å²) in [6, 6.07) is 12.9. The van der Waals surface area contributed by atoms with E-state index in [1.807, 2.05) is 24.3 Å². The Labute approximate surface area is 166 Å². The van der Waals surface area contributed by atoms with Crippen molar-refractivity contribution in [2.75, 3.05) is 16.8 Å². The lowest BCUT2D eigenvalue weighted by Gasteiger charge is -2.36. The van der Waals surface area contributed by atoms with Crippen LogP contribution in [0.1, 0.15) is 18.4 Å². The van der Waals surface area contributed by atoms with E-state index < -0.39 is 35.0 Å². The summed E-state index contributed by atoms with van der Waals surface area (Å²) in [5.74, 6) is -3.30. The predicted molar refractivity (Wildman–Crippen MR) is 102 cm³/mol. The van der Waals surface area contributed by atoms with Crippen LogP contribution in [0, 0.1) is 17.7 Å². The van der Waals surface area contributed by atoms with Crippen molar-refractivity contribution in [1.82, 2.24) is 4.90 Å². The van der Waals surface area contributed by atoms with E-state index in [1.54, 1.807) is 6.07 Å². The number of imide groups is 1. The maximum absolute atomic E-state index is 14.5. The van der Waals surface area contributed by atoms with Gasteiger partial charge in [-0.05, 0) is 37.6 Å². The number of rotatable bonds is 1. The largest absolute Gasteiger partial charge is 0.324 e. The van der Waals surface area contributed by atoms with Crippen molar-refractivity contribution >= 4 is 29.1 Å². The highest BCUT2D eigenvalue weighted by Gasteiger charge is 2.74. The third-order valence-corrected chi connectivity index (χ3v) is 6.99. The normalized spacial score (nSPS) is 32.7. The lowest BCUT2D eigenvalue weighted by atomic mass is 9.75. The van der Waals surface area contributed by atoms with E-state index in [2.05, 4.69) is 10.2 Å². The van der Waals surface area contributed by atoms with Gasteiger partial charge in [-0.25, -0.2) is 9.29 Å². The molecule has 7 heteroatoms. The predicted octanol–water partition coefficient (Wildman–Crippen LogP) is 2.26. The Morgan fingerprint density at radius 1 is 1.00 bits per heavy atom. The summed E-state index contributed by atoms with van der Waals surface area (Å²) in [5, 5.41) is 2.92. The van der Waals surface area contributed by atoms with Crippen LogP contribution in [0.15, 0.2) is 48.5 Å². The molecule has 0 aliphatic carbocycles. The second-order valence-electron chi connectivity index (χ2n) is 8.14. The minimum absolute atomic E-state index is 0.0386. The topological polar surface area (TPSA) is 69.7 Å². The Hall–Kier alpha value is -3.06. The van der Waals surface area contributed by atoms with Crippen LogP contribution in [0.2, 0.25) is 0 Å². The summed E-state index contributed by atoms with van der Waals surface area (Å²) < 4.78 is 14.5. The van der Waals surface area contributed by atoms with Crippen LogP contribution in [-0.4, -0.2) is 35.2 Å². The molecule has 4 aliphatic heterocycles. The third-order valence-electron chi connectivity index (χ3n) is 6.99. The lowest BCUT2D eigenvalue weighted by molar-refractivity contribution is -0.135. The molecule has 146 valence electrons. The molecule has 3 fully saturated rings. The number of carbonyl (C=O) groups excluding carboxylic acids is 3. The zero-order valence-electron chi connectivity index (χ0n) is 15.5. The first-order valence-electron chi connectivity index (χ1n) is 9.87. The van der Waals surface area contributed by atoms with Crippen molar-refractivity contribution < 1.29 is 18.8 Å². The van der Waals surface area contributed by atoms with Gasteiger partial charge in [0.15, 0.2) is 0 Å². The van der Waals surface area contributed by atoms with Crippen molar-refractivity contribution in [1.29, 1.82) is 0 Å². The number of anilines is 2. The summed E-state index contributed by atoms with van der Waals surface area (Å²) in [5.41, 5.74) is 0.160. The molecule has 1 spiro atoms. The highest BCUT2D eigenvalue weighted by molar-refractivity contribution is 6.25. The molecule has 0 radical (unpaired) electrons. The van der Waals surface area contributed by atoms with Gasteiger partial charge >= 0.3 is 0 Å². The molecular formula is C22H18FN3O3. The first-order chi connectivity index (χ1) is 14.1. The summed E-state index contributed by atoms with van der Waals surface area (Å²) in [6.45, 7) is 0.652. The molecule has 4 heterocycles. The molecule has 4 aliphatic rings. The number of fused-ring (bicyclic) bond motifs is 7. The highest BCUT2D eigenvalue weighted by Crippen LogP contribution is 2.60. The first kappa shape index (κ1) is 16.9. The summed E-state index contributed by atoms with van der Waals surface area (Å²) >= 11 is 0. The van der Waals surface area contributed by atoms with Crippen LogP contribution in [0.5, 0.6) is 0 Å². The Kier molecular flexibility index (Phi) is 3.20. The molecule has 6 nitrogen and oxygen atoms in total. The number of benzene rings is 2. The van der Waals surface area contributed by atoms with Crippen LogP contribution < -0.4 is 10.2 Å². The number of halogens is 1.